The number of hydrogen-bond acceptors (Lipinski definition) is 4. The molecule has 0 spiro atoms. The van der Waals surface area contributed by atoms with Crippen molar-refractivity contribution in [2.24, 2.45) is 5.41 Å². The molecule has 1 atom stereocenters. The summed E-state index contributed by atoms with van der Waals surface area (Å²) >= 11 is 0. The van der Waals surface area contributed by atoms with Gasteiger partial charge in [-0.25, -0.2) is 4.79 Å². The number of amides is 1. The van der Waals surface area contributed by atoms with Crippen LogP contribution >= 0.6 is 0 Å². The summed E-state index contributed by atoms with van der Waals surface area (Å²) in [6, 6.07) is 0. The van der Waals surface area contributed by atoms with Crippen LogP contribution in [0.3, 0.4) is 0 Å². The Morgan fingerprint density at radius 2 is 2.20 bits per heavy atom. The van der Waals surface area contributed by atoms with E-state index in [2.05, 4.69) is 4.98 Å². The molecule has 1 aromatic heterocycles. The number of rotatable bonds is 2. The van der Waals surface area contributed by atoms with Gasteiger partial charge >= 0.3 is 6.09 Å². The molecule has 1 aliphatic heterocycles. The van der Waals surface area contributed by atoms with Gasteiger partial charge in [0.05, 0.1) is 18.3 Å². The minimum Gasteiger partial charge on any atom is -0.465 e. The molecule has 0 bridgehead atoms. The van der Waals surface area contributed by atoms with Gasteiger partial charge in [-0.1, -0.05) is 13.8 Å². The second-order valence-corrected chi connectivity index (χ2v) is 5.91. The zero-order valence-electron chi connectivity index (χ0n) is 11.6. The molecule has 20 heavy (non-hydrogen) atoms. The summed E-state index contributed by atoms with van der Waals surface area (Å²) in [7, 11) is 0. The van der Waals surface area contributed by atoms with E-state index in [9.17, 15) is 14.7 Å². The molecule has 0 radical (unpaired) electrons. The lowest BCUT2D eigenvalue weighted by Gasteiger charge is -2.49. The first-order chi connectivity index (χ1) is 9.25. The van der Waals surface area contributed by atoms with E-state index in [4.69, 9.17) is 5.11 Å². The smallest absolute Gasteiger partial charge is 0.407 e. The summed E-state index contributed by atoms with van der Waals surface area (Å²) in [4.78, 5) is 27.8. The van der Waals surface area contributed by atoms with Gasteiger partial charge in [0.25, 0.3) is 5.56 Å². The van der Waals surface area contributed by atoms with E-state index in [0.717, 1.165) is 0 Å². The highest BCUT2D eigenvalue weighted by Gasteiger charge is 2.48. The SMILES string of the molecule is CC1(C)CN(C(=O)O)CCC1(O)Cn1ccncc1=O. The lowest BCUT2D eigenvalue weighted by Crippen LogP contribution is -2.60. The molecule has 2 heterocycles. The van der Waals surface area contributed by atoms with Crippen molar-refractivity contribution in [1.29, 1.82) is 0 Å². The lowest BCUT2D eigenvalue weighted by molar-refractivity contribution is -0.123. The fraction of sp³-hybridized carbons (Fsp3) is 0.615. The highest BCUT2D eigenvalue weighted by atomic mass is 16.4. The summed E-state index contributed by atoms with van der Waals surface area (Å²) in [6.07, 6.45) is 3.52. The Kier molecular flexibility index (Phi) is 3.56. The van der Waals surface area contributed by atoms with Gasteiger partial charge in [0.15, 0.2) is 0 Å². The van der Waals surface area contributed by atoms with Gasteiger partial charge in [0, 0.05) is 30.9 Å². The Labute approximate surface area is 116 Å². The molecule has 0 aromatic carbocycles. The Hall–Kier alpha value is -1.89. The van der Waals surface area contributed by atoms with Gasteiger partial charge in [-0.3, -0.25) is 9.78 Å². The minimum atomic E-state index is -1.13. The molecule has 7 nitrogen and oxygen atoms in total. The van der Waals surface area contributed by atoms with Crippen LogP contribution in [0.1, 0.15) is 20.3 Å². The van der Waals surface area contributed by atoms with Gasteiger partial charge in [-0.2, -0.15) is 0 Å². The third kappa shape index (κ3) is 2.53. The summed E-state index contributed by atoms with van der Waals surface area (Å²) < 4.78 is 1.41. The van der Waals surface area contributed by atoms with Crippen molar-refractivity contribution < 1.29 is 15.0 Å². The van der Waals surface area contributed by atoms with Crippen LogP contribution in [0, 0.1) is 5.41 Å². The van der Waals surface area contributed by atoms with Crippen LogP contribution in [-0.4, -0.2) is 49.4 Å². The van der Waals surface area contributed by atoms with Crippen LogP contribution in [0.4, 0.5) is 4.79 Å². The van der Waals surface area contributed by atoms with Crippen LogP contribution in [0.5, 0.6) is 0 Å². The summed E-state index contributed by atoms with van der Waals surface area (Å²) in [5.41, 5.74) is -2.06. The largest absolute Gasteiger partial charge is 0.465 e. The second-order valence-electron chi connectivity index (χ2n) is 5.91. The maximum atomic E-state index is 11.7. The molecular formula is C13H19N3O4. The van der Waals surface area contributed by atoms with Gasteiger partial charge in [-0.15, -0.1) is 0 Å². The van der Waals surface area contributed by atoms with Crippen molar-refractivity contribution in [2.75, 3.05) is 13.1 Å². The molecule has 1 aromatic rings. The highest BCUT2D eigenvalue weighted by Crippen LogP contribution is 2.39. The number of piperidine rings is 1. The van der Waals surface area contributed by atoms with Crippen LogP contribution in [0.15, 0.2) is 23.4 Å². The number of nitrogens with zero attached hydrogens (tertiary/aromatic N) is 3. The van der Waals surface area contributed by atoms with Crippen LogP contribution in [0.25, 0.3) is 0 Å². The number of carboxylic acid groups (broad SMARTS) is 1. The van der Waals surface area contributed by atoms with E-state index >= 15 is 0 Å². The van der Waals surface area contributed by atoms with Crippen LogP contribution in [-0.2, 0) is 6.54 Å². The first kappa shape index (κ1) is 14.5. The molecule has 1 fully saturated rings. The maximum Gasteiger partial charge on any atom is 0.407 e. The van der Waals surface area contributed by atoms with Gasteiger partial charge in [0.2, 0.25) is 0 Å². The molecule has 0 saturated carbocycles. The van der Waals surface area contributed by atoms with Gasteiger partial charge in [0.1, 0.15) is 0 Å². The Morgan fingerprint density at radius 1 is 1.50 bits per heavy atom. The topological polar surface area (TPSA) is 95.7 Å². The van der Waals surface area contributed by atoms with Gasteiger partial charge < -0.3 is 19.7 Å². The first-order valence-corrected chi connectivity index (χ1v) is 6.46. The summed E-state index contributed by atoms with van der Waals surface area (Å²) in [5.74, 6) is 0. The second kappa shape index (κ2) is 4.90. The zero-order chi connectivity index (χ0) is 15.0. The Bertz CT molecular complexity index is 569. The Morgan fingerprint density at radius 3 is 2.75 bits per heavy atom. The first-order valence-electron chi connectivity index (χ1n) is 6.46. The monoisotopic (exact) mass is 281 g/mol. The van der Waals surface area contributed by atoms with Crippen LogP contribution < -0.4 is 5.56 Å². The number of aliphatic hydroxyl groups is 1. The van der Waals surface area contributed by atoms with Crippen molar-refractivity contribution in [3.63, 3.8) is 0 Å². The average molecular weight is 281 g/mol. The average Bonchev–Trinajstić information content (AvgIpc) is 2.35. The number of aromatic nitrogens is 2. The quantitative estimate of drug-likeness (QED) is 0.817. The van der Waals surface area contributed by atoms with Crippen molar-refractivity contribution in [3.8, 4) is 0 Å². The van der Waals surface area contributed by atoms with Crippen molar-refractivity contribution in [1.82, 2.24) is 14.5 Å². The third-order valence-electron chi connectivity index (χ3n) is 4.14. The molecule has 1 unspecified atom stereocenters. The fourth-order valence-corrected chi connectivity index (χ4v) is 2.60. The van der Waals surface area contributed by atoms with Crippen molar-refractivity contribution >= 4 is 6.09 Å². The standard InChI is InChI=1S/C13H19N3O4/c1-12(2)8-16(11(18)19)5-3-13(12,20)9-15-6-4-14-7-10(15)17/h4,6-7,20H,3,5,8-9H2,1-2H3,(H,18,19). The van der Waals surface area contributed by atoms with E-state index in [1.807, 2.05) is 13.8 Å². The number of hydrogen-bond donors (Lipinski definition) is 2. The molecule has 110 valence electrons. The van der Waals surface area contributed by atoms with E-state index < -0.39 is 17.1 Å². The molecular weight excluding hydrogens is 262 g/mol. The number of carbonyl (C=O) groups is 1. The van der Waals surface area contributed by atoms with E-state index in [1.54, 1.807) is 0 Å². The van der Waals surface area contributed by atoms with Crippen molar-refractivity contribution in [3.05, 3.63) is 28.9 Å². The van der Waals surface area contributed by atoms with E-state index in [0.29, 0.717) is 6.42 Å². The summed E-state index contributed by atoms with van der Waals surface area (Å²) in [5, 5.41) is 19.9. The summed E-state index contributed by atoms with van der Waals surface area (Å²) in [6.45, 7) is 4.26. The molecule has 2 rings (SSSR count). The molecule has 1 aliphatic rings. The third-order valence-corrected chi connectivity index (χ3v) is 4.14. The van der Waals surface area contributed by atoms with Crippen LogP contribution in [0.2, 0.25) is 0 Å². The molecule has 2 N–H and O–H groups in total. The fourth-order valence-electron chi connectivity index (χ4n) is 2.60. The zero-order valence-corrected chi connectivity index (χ0v) is 11.6. The minimum absolute atomic E-state index is 0.134. The van der Waals surface area contributed by atoms with Crippen molar-refractivity contribution in [2.45, 2.75) is 32.4 Å². The molecule has 0 aliphatic carbocycles. The highest BCUT2D eigenvalue weighted by molar-refractivity contribution is 5.65. The normalized spacial score (nSPS) is 25.4. The predicted octanol–water partition coefficient (Wildman–Crippen LogP) is 0.384. The predicted molar refractivity (Wildman–Crippen MR) is 71.4 cm³/mol. The van der Waals surface area contributed by atoms with E-state index in [-0.39, 0.29) is 25.2 Å². The van der Waals surface area contributed by atoms with Gasteiger partial charge in [-0.05, 0) is 6.42 Å². The molecule has 1 amide bonds. The number of likely N-dealkylation sites (tertiary alicyclic amines) is 1. The molecule has 7 heteroatoms. The maximum absolute atomic E-state index is 11.7. The lowest BCUT2D eigenvalue weighted by atomic mass is 9.70. The Balaban J connectivity index is 2.24. The molecule has 1 saturated heterocycles. The van der Waals surface area contributed by atoms with E-state index in [1.165, 1.54) is 28.1 Å².